The van der Waals surface area contributed by atoms with Gasteiger partial charge in [-0.05, 0) is 55.0 Å². The molecule has 0 bridgehead atoms. The number of carbonyl (C=O) groups is 1. The second-order valence-corrected chi connectivity index (χ2v) is 9.17. The molecule has 7 nitrogen and oxygen atoms in total. The highest BCUT2D eigenvalue weighted by atomic mass is 35.5. The summed E-state index contributed by atoms with van der Waals surface area (Å²) in [4.78, 5) is 17.2. The predicted octanol–water partition coefficient (Wildman–Crippen LogP) is 5.46. The van der Waals surface area contributed by atoms with E-state index in [9.17, 15) is 4.79 Å². The van der Waals surface area contributed by atoms with E-state index in [1.54, 1.807) is 33.9 Å². The summed E-state index contributed by atoms with van der Waals surface area (Å²) in [5, 5.41) is 14.2. The number of aromatic nitrogens is 5. The van der Waals surface area contributed by atoms with Gasteiger partial charge >= 0.3 is 0 Å². The molecule has 1 aromatic carbocycles. The van der Waals surface area contributed by atoms with Gasteiger partial charge < -0.3 is 5.32 Å². The highest BCUT2D eigenvalue weighted by molar-refractivity contribution is 6.35. The number of rotatable bonds is 6. The summed E-state index contributed by atoms with van der Waals surface area (Å²) < 4.78 is 3.24. The zero-order chi connectivity index (χ0) is 22.4. The Morgan fingerprint density at radius 3 is 2.72 bits per heavy atom. The maximum Gasteiger partial charge on any atom is 0.247 e. The summed E-state index contributed by atoms with van der Waals surface area (Å²) in [7, 11) is 0. The van der Waals surface area contributed by atoms with Gasteiger partial charge in [0, 0.05) is 27.8 Å². The second kappa shape index (κ2) is 8.39. The lowest BCUT2D eigenvalue weighted by atomic mass is 10.1. The predicted molar refractivity (Wildman–Crippen MR) is 126 cm³/mol. The van der Waals surface area contributed by atoms with Crippen LogP contribution < -0.4 is 5.32 Å². The summed E-state index contributed by atoms with van der Waals surface area (Å²) in [6.45, 7) is 2.35. The number of nitrogens with zero attached hydrogens (tertiary/aromatic N) is 5. The van der Waals surface area contributed by atoms with E-state index in [4.69, 9.17) is 34.8 Å². The van der Waals surface area contributed by atoms with Crippen molar-refractivity contribution in [3.8, 4) is 0 Å². The first-order valence-corrected chi connectivity index (χ1v) is 11.3. The Labute approximate surface area is 199 Å². The summed E-state index contributed by atoms with van der Waals surface area (Å²) >= 11 is 18.5. The van der Waals surface area contributed by atoms with E-state index in [0.29, 0.717) is 27.5 Å². The fourth-order valence-electron chi connectivity index (χ4n) is 3.85. The molecular formula is C22H19Cl3N6O. The molecule has 164 valence electrons. The van der Waals surface area contributed by atoms with E-state index < -0.39 is 0 Å². The average Bonchev–Trinajstić information content (AvgIpc) is 3.47. The van der Waals surface area contributed by atoms with Crippen molar-refractivity contribution >= 4 is 57.6 Å². The van der Waals surface area contributed by atoms with Crippen LogP contribution in [0, 0.1) is 6.92 Å². The van der Waals surface area contributed by atoms with Crippen LogP contribution >= 0.6 is 34.8 Å². The Morgan fingerprint density at radius 1 is 1.16 bits per heavy atom. The number of halogens is 3. The number of carbonyl (C=O) groups excluding carboxylic acids is 1. The summed E-state index contributed by atoms with van der Waals surface area (Å²) in [6, 6.07) is 7.31. The molecule has 5 rings (SSSR count). The fourth-order valence-corrected chi connectivity index (χ4v) is 4.52. The normalized spacial score (nSPS) is 13.6. The zero-order valence-electron chi connectivity index (χ0n) is 17.1. The number of amides is 1. The lowest BCUT2D eigenvalue weighted by Crippen LogP contribution is -2.20. The van der Waals surface area contributed by atoms with E-state index in [1.165, 1.54) is 18.4 Å². The van der Waals surface area contributed by atoms with Crippen LogP contribution in [0.1, 0.15) is 35.6 Å². The van der Waals surface area contributed by atoms with Crippen LogP contribution in [-0.2, 0) is 17.9 Å². The number of aryl methyl sites for hydroxylation is 1. The summed E-state index contributed by atoms with van der Waals surface area (Å²) in [5.74, 6) is 0.564. The number of anilines is 1. The quantitative estimate of drug-likeness (QED) is 0.390. The van der Waals surface area contributed by atoms with E-state index in [1.807, 2.05) is 13.0 Å². The summed E-state index contributed by atoms with van der Waals surface area (Å²) in [5.41, 5.74) is 3.70. The maximum atomic E-state index is 12.7. The minimum absolute atomic E-state index is 0.0116. The monoisotopic (exact) mass is 488 g/mol. The molecule has 0 unspecified atom stereocenters. The molecule has 1 aliphatic carbocycles. The first-order chi connectivity index (χ1) is 15.4. The fraction of sp³-hybridized carbons (Fsp3) is 0.273. The third kappa shape index (κ3) is 4.20. The highest BCUT2D eigenvalue weighted by Crippen LogP contribution is 2.43. The first-order valence-electron chi connectivity index (χ1n) is 10.2. The third-order valence-electron chi connectivity index (χ3n) is 5.47. The van der Waals surface area contributed by atoms with E-state index in [0.717, 1.165) is 22.3 Å². The SMILES string of the molecule is Cc1nn(CC(=O)Nc2nn(Cc3ccc(Cl)cc3Cl)cc2Cl)c2nccc(C3CC3)c12. The Balaban J connectivity index is 1.32. The van der Waals surface area contributed by atoms with Crippen molar-refractivity contribution in [3.05, 3.63) is 68.5 Å². The van der Waals surface area contributed by atoms with Gasteiger partial charge in [0.1, 0.15) is 11.6 Å². The standard InChI is InChI=1S/C22H19Cl3N6O/c1-12-20-16(13-2-3-13)6-7-26-22(20)31(28-12)11-19(32)27-21-18(25)10-30(29-21)9-14-4-5-15(23)8-17(14)24/h4-8,10,13H,2-3,9,11H2,1H3,(H,27,29,32). The minimum atomic E-state index is -0.287. The van der Waals surface area contributed by atoms with Crippen LogP contribution in [0.15, 0.2) is 36.7 Å². The molecule has 3 heterocycles. The number of benzene rings is 1. The van der Waals surface area contributed by atoms with Gasteiger partial charge in [-0.25, -0.2) is 9.67 Å². The molecule has 0 aliphatic heterocycles. The van der Waals surface area contributed by atoms with Gasteiger partial charge in [-0.2, -0.15) is 10.2 Å². The Morgan fingerprint density at radius 2 is 1.97 bits per heavy atom. The number of hydrogen-bond donors (Lipinski definition) is 1. The van der Waals surface area contributed by atoms with E-state index >= 15 is 0 Å². The maximum absolute atomic E-state index is 12.7. The molecule has 10 heteroatoms. The molecule has 4 aromatic rings. The van der Waals surface area contributed by atoms with Crippen LogP contribution in [0.25, 0.3) is 11.0 Å². The van der Waals surface area contributed by atoms with Gasteiger partial charge in [0.2, 0.25) is 5.91 Å². The van der Waals surface area contributed by atoms with Gasteiger partial charge in [-0.3, -0.25) is 9.48 Å². The van der Waals surface area contributed by atoms with E-state index in [-0.39, 0.29) is 18.3 Å². The van der Waals surface area contributed by atoms with Crippen molar-refractivity contribution in [2.45, 2.75) is 38.8 Å². The van der Waals surface area contributed by atoms with Gasteiger partial charge in [0.15, 0.2) is 11.5 Å². The summed E-state index contributed by atoms with van der Waals surface area (Å²) in [6.07, 6.45) is 5.80. The molecule has 1 aliphatic rings. The van der Waals surface area contributed by atoms with Crippen LogP contribution in [0.3, 0.4) is 0 Å². The molecular weight excluding hydrogens is 471 g/mol. The van der Waals surface area contributed by atoms with Crippen molar-refractivity contribution in [1.82, 2.24) is 24.5 Å². The largest absolute Gasteiger partial charge is 0.306 e. The molecule has 32 heavy (non-hydrogen) atoms. The van der Waals surface area contributed by atoms with Crippen molar-refractivity contribution in [2.75, 3.05) is 5.32 Å². The molecule has 1 amide bonds. The molecule has 0 spiro atoms. The number of pyridine rings is 1. The number of hydrogen-bond acceptors (Lipinski definition) is 4. The zero-order valence-corrected chi connectivity index (χ0v) is 19.4. The molecule has 0 radical (unpaired) electrons. The molecule has 3 aromatic heterocycles. The first kappa shape index (κ1) is 21.2. The smallest absolute Gasteiger partial charge is 0.247 e. The molecule has 1 saturated carbocycles. The average molecular weight is 490 g/mol. The second-order valence-electron chi connectivity index (χ2n) is 7.92. The van der Waals surface area contributed by atoms with Crippen molar-refractivity contribution in [2.24, 2.45) is 0 Å². The minimum Gasteiger partial charge on any atom is -0.306 e. The molecule has 1 fully saturated rings. The topological polar surface area (TPSA) is 77.6 Å². The van der Waals surface area contributed by atoms with Crippen molar-refractivity contribution < 1.29 is 4.79 Å². The van der Waals surface area contributed by atoms with Crippen LogP contribution in [-0.4, -0.2) is 30.5 Å². The Hall–Kier alpha value is -2.61. The number of fused-ring (bicyclic) bond motifs is 1. The van der Waals surface area contributed by atoms with Gasteiger partial charge in [-0.15, -0.1) is 0 Å². The number of nitrogens with one attached hydrogen (secondary N) is 1. The molecule has 0 atom stereocenters. The van der Waals surface area contributed by atoms with Crippen LogP contribution in [0.4, 0.5) is 5.82 Å². The van der Waals surface area contributed by atoms with E-state index in [2.05, 4.69) is 26.6 Å². The molecule has 1 N–H and O–H groups in total. The van der Waals surface area contributed by atoms with Gasteiger partial charge in [0.25, 0.3) is 0 Å². The lowest BCUT2D eigenvalue weighted by molar-refractivity contribution is -0.116. The Kier molecular flexibility index (Phi) is 5.57. The molecule has 0 saturated heterocycles. The Bertz CT molecular complexity index is 1340. The van der Waals surface area contributed by atoms with Crippen LogP contribution in [0.5, 0.6) is 0 Å². The van der Waals surface area contributed by atoms with Crippen molar-refractivity contribution in [3.63, 3.8) is 0 Å². The highest BCUT2D eigenvalue weighted by Gasteiger charge is 2.28. The van der Waals surface area contributed by atoms with Crippen LogP contribution in [0.2, 0.25) is 15.1 Å². The lowest BCUT2D eigenvalue weighted by Gasteiger charge is -2.06. The van der Waals surface area contributed by atoms with Gasteiger partial charge in [0.05, 0.1) is 12.2 Å². The third-order valence-corrected chi connectivity index (χ3v) is 6.34. The van der Waals surface area contributed by atoms with Crippen molar-refractivity contribution in [1.29, 1.82) is 0 Å². The van der Waals surface area contributed by atoms with Gasteiger partial charge in [-0.1, -0.05) is 40.9 Å².